The first-order chi connectivity index (χ1) is 13.2. The predicted octanol–water partition coefficient (Wildman–Crippen LogP) is 5.23. The van der Waals surface area contributed by atoms with Crippen molar-refractivity contribution in [3.8, 4) is 11.5 Å². The van der Waals surface area contributed by atoms with Crippen molar-refractivity contribution in [1.82, 2.24) is 4.98 Å². The first kappa shape index (κ1) is 18.3. The summed E-state index contributed by atoms with van der Waals surface area (Å²) in [4.78, 5) is 16.0. The van der Waals surface area contributed by atoms with Gasteiger partial charge in [0.25, 0.3) is 0 Å². The Balaban J connectivity index is 1.66. The van der Waals surface area contributed by atoms with Gasteiger partial charge in [0.15, 0.2) is 11.6 Å². The van der Waals surface area contributed by atoms with Crippen molar-refractivity contribution in [2.75, 3.05) is 5.32 Å². The Labute approximate surface area is 157 Å². The van der Waals surface area contributed by atoms with Crippen LogP contribution < -0.4 is 10.1 Å². The van der Waals surface area contributed by atoms with Crippen LogP contribution in [0.15, 0.2) is 73.1 Å². The Morgan fingerprint density at radius 3 is 2.78 bits per heavy atom. The number of hydrogen-bond acceptors (Lipinski definition) is 3. The second-order valence-corrected chi connectivity index (χ2v) is 5.81. The van der Waals surface area contributed by atoms with Crippen LogP contribution in [0.3, 0.4) is 0 Å². The number of anilines is 1. The zero-order valence-electron chi connectivity index (χ0n) is 14.9. The summed E-state index contributed by atoms with van der Waals surface area (Å²) in [6, 6.07) is 15.5. The van der Waals surface area contributed by atoms with E-state index >= 15 is 0 Å². The topological polar surface area (TPSA) is 51.2 Å². The minimum Gasteiger partial charge on any atom is -0.453 e. The molecule has 5 heteroatoms. The highest BCUT2D eigenvalue weighted by atomic mass is 19.1. The maximum Gasteiger partial charge on any atom is 0.248 e. The van der Waals surface area contributed by atoms with E-state index in [4.69, 9.17) is 4.74 Å². The average molecular weight is 362 g/mol. The summed E-state index contributed by atoms with van der Waals surface area (Å²) in [6.45, 7) is 2.03. The van der Waals surface area contributed by atoms with Gasteiger partial charge in [-0.2, -0.15) is 0 Å². The van der Waals surface area contributed by atoms with Gasteiger partial charge in [0, 0.05) is 18.0 Å². The van der Waals surface area contributed by atoms with Crippen LogP contribution in [0.5, 0.6) is 11.5 Å². The van der Waals surface area contributed by atoms with Crippen molar-refractivity contribution >= 4 is 17.7 Å². The third kappa shape index (κ3) is 5.01. The first-order valence-electron chi connectivity index (χ1n) is 8.60. The van der Waals surface area contributed by atoms with E-state index in [2.05, 4.69) is 10.3 Å². The van der Waals surface area contributed by atoms with Gasteiger partial charge in [0.2, 0.25) is 5.91 Å². The van der Waals surface area contributed by atoms with E-state index in [1.54, 1.807) is 30.5 Å². The second kappa shape index (κ2) is 8.76. The number of amides is 1. The predicted molar refractivity (Wildman–Crippen MR) is 104 cm³/mol. The third-order valence-electron chi connectivity index (χ3n) is 3.90. The maximum atomic E-state index is 14.2. The van der Waals surface area contributed by atoms with E-state index in [1.165, 1.54) is 24.4 Å². The lowest BCUT2D eigenvalue weighted by molar-refractivity contribution is -0.111. The third-order valence-corrected chi connectivity index (χ3v) is 3.90. The van der Waals surface area contributed by atoms with Crippen LogP contribution in [-0.4, -0.2) is 10.9 Å². The van der Waals surface area contributed by atoms with Gasteiger partial charge in [0.05, 0.1) is 6.20 Å². The van der Waals surface area contributed by atoms with Crippen molar-refractivity contribution in [3.63, 3.8) is 0 Å². The normalized spacial score (nSPS) is 10.7. The summed E-state index contributed by atoms with van der Waals surface area (Å²) in [5.74, 6) is -0.236. The summed E-state index contributed by atoms with van der Waals surface area (Å²) in [7, 11) is 0. The lowest BCUT2D eigenvalue weighted by Crippen LogP contribution is -2.09. The molecule has 0 unspecified atom stereocenters. The van der Waals surface area contributed by atoms with E-state index in [1.807, 2.05) is 31.2 Å². The van der Waals surface area contributed by atoms with E-state index in [0.717, 1.165) is 17.7 Å². The standard InChI is InChI=1S/C22H19FN2O2/c1-2-17-6-3-4-8-20(17)25-22(26)12-10-16-9-11-21(19(23)14-16)27-18-7-5-13-24-15-18/h3-15H,2H2,1H3,(H,25,26)/b12-10+. The molecule has 0 saturated heterocycles. The molecule has 0 spiro atoms. The molecular weight excluding hydrogens is 343 g/mol. The molecule has 4 nitrogen and oxygen atoms in total. The molecule has 0 aliphatic rings. The fourth-order valence-electron chi connectivity index (χ4n) is 2.53. The van der Waals surface area contributed by atoms with Crippen LogP contribution in [0.2, 0.25) is 0 Å². The second-order valence-electron chi connectivity index (χ2n) is 5.81. The molecule has 1 amide bonds. The fraction of sp³-hybridized carbons (Fsp3) is 0.0909. The van der Waals surface area contributed by atoms with Crippen molar-refractivity contribution in [1.29, 1.82) is 0 Å². The number of benzene rings is 2. The molecule has 136 valence electrons. The maximum absolute atomic E-state index is 14.2. The number of aromatic nitrogens is 1. The van der Waals surface area contributed by atoms with Crippen LogP contribution >= 0.6 is 0 Å². The van der Waals surface area contributed by atoms with Crippen LogP contribution in [-0.2, 0) is 11.2 Å². The number of carbonyl (C=O) groups excluding carboxylic acids is 1. The number of pyridine rings is 1. The minimum atomic E-state index is -0.516. The molecule has 0 fully saturated rings. The molecule has 0 aliphatic heterocycles. The van der Waals surface area contributed by atoms with Gasteiger partial charge in [-0.1, -0.05) is 31.2 Å². The van der Waals surface area contributed by atoms with Gasteiger partial charge >= 0.3 is 0 Å². The minimum absolute atomic E-state index is 0.0986. The van der Waals surface area contributed by atoms with E-state index in [9.17, 15) is 9.18 Å². The Morgan fingerprint density at radius 2 is 2.04 bits per heavy atom. The largest absolute Gasteiger partial charge is 0.453 e. The van der Waals surface area contributed by atoms with Crippen molar-refractivity contribution < 1.29 is 13.9 Å². The number of halogens is 1. The zero-order chi connectivity index (χ0) is 19.1. The summed E-state index contributed by atoms with van der Waals surface area (Å²) in [5.41, 5.74) is 2.40. The molecule has 0 atom stereocenters. The number of nitrogens with one attached hydrogen (secondary N) is 1. The molecule has 0 saturated carbocycles. The lowest BCUT2D eigenvalue weighted by Gasteiger charge is -2.08. The van der Waals surface area contributed by atoms with Crippen molar-refractivity contribution in [3.05, 3.63) is 90.0 Å². The van der Waals surface area contributed by atoms with E-state index < -0.39 is 5.82 Å². The van der Waals surface area contributed by atoms with Crippen LogP contribution in [0.4, 0.5) is 10.1 Å². The summed E-state index contributed by atoms with van der Waals surface area (Å²) in [5, 5.41) is 2.84. The number of nitrogens with zero attached hydrogens (tertiary/aromatic N) is 1. The fourth-order valence-corrected chi connectivity index (χ4v) is 2.53. The van der Waals surface area contributed by atoms with Gasteiger partial charge in [-0.25, -0.2) is 4.39 Å². The number of ether oxygens (including phenoxy) is 1. The molecule has 0 bridgehead atoms. The molecule has 1 heterocycles. The van der Waals surface area contributed by atoms with Gasteiger partial charge < -0.3 is 10.1 Å². The highest BCUT2D eigenvalue weighted by Gasteiger charge is 2.06. The Hall–Kier alpha value is -3.47. The number of aryl methyl sites for hydroxylation is 1. The molecule has 0 aliphatic carbocycles. The Bertz CT molecular complexity index is 956. The SMILES string of the molecule is CCc1ccccc1NC(=O)/C=C/c1ccc(Oc2cccnc2)c(F)c1. The van der Waals surface area contributed by atoms with Gasteiger partial charge in [-0.05, 0) is 54.0 Å². The molecule has 1 aromatic heterocycles. The van der Waals surface area contributed by atoms with Gasteiger partial charge in [0.1, 0.15) is 5.75 Å². The zero-order valence-corrected chi connectivity index (χ0v) is 14.9. The van der Waals surface area contributed by atoms with Crippen LogP contribution in [0.1, 0.15) is 18.1 Å². The molecule has 27 heavy (non-hydrogen) atoms. The van der Waals surface area contributed by atoms with Gasteiger partial charge in [-0.15, -0.1) is 0 Å². The summed E-state index contributed by atoms with van der Waals surface area (Å²) in [6.07, 6.45) is 6.88. The Kier molecular flexibility index (Phi) is 5.94. The number of hydrogen-bond donors (Lipinski definition) is 1. The van der Waals surface area contributed by atoms with Crippen LogP contribution in [0.25, 0.3) is 6.08 Å². The monoisotopic (exact) mass is 362 g/mol. The molecular formula is C22H19FN2O2. The molecule has 0 radical (unpaired) electrons. The number of carbonyl (C=O) groups is 1. The van der Waals surface area contributed by atoms with Crippen molar-refractivity contribution in [2.45, 2.75) is 13.3 Å². The highest BCUT2D eigenvalue weighted by Crippen LogP contribution is 2.25. The first-order valence-corrected chi connectivity index (χ1v) is 8.60. The van der Waals surface area contributed by atoms with Gasteiger partial charge in [-0.3, -0.25) is 9.78 Å². The Morgan fingerprint density at radius 1 is 1.19 bits per heavy atom. The molecule has 3 aromatic rings. The average Bonchev–Trinajstić information content (AvgIpc) is 2.69. The quantitative estimate of drug-likeness (QED) is 0.611. The molecule has 2 aromatic carbocycles. The number of para-hydroxylation sites is 1. The lowest BCUT2D eigenvalue weighted by atomic mass is 10.1. The molecule has 1 N–H and O–H groups in total. The summed E-state index contributed by atoms with van der Waals surface area (Å²) < 4.78 is 19.7. The van der Waals surface area contributed by atoms with Crippen LogP contribution in [0, 0.1) is 5.82 Å². The highest BCUT2D eigenvalue weighted by molar-refractivity contribution is 6.02. The summed E-state index contributed by atoms with van der Waals surface area (Å²) >= 11 is 0. The smallest absolute Gasteiger partial charge is 0.248 e. The van der Waals surface area contributed by atoms with E-state index in [-0.39, 0.29) is 11.7 Å². The number of rotatable bonds is 6. The molecule has 3 rings (SSSR count). The van der Waals surface area contributed by atoms with Crippen molar-refractivity contribution in [2.24, 2.45) is 0 Å². The van der Waals surface area contributed by atoms with E-state index in [0.29, 0.717) is 11.3 Å².